The van der Waals surface area contributed by atoms with E-state index in [9.17, 15) is 13.5 Å². The van der Waals surface area contributed by atoms with Gasteiger partial charge in [-0.05, 0) is 42.0 Å². The molecule has 0 fully saturated rings. The number of ether oxygens (including phenoxy) is 1. The number of fused-ring (bicyclic) bond motifs is 1. The van der Waals surface area contributed by atoms with Crippen LogP contribution < -0.4 is 4.74 Å². The van der Waals surface area contributed by atoms with Crippen LogP contribution in [0, 0.1) is 0 Å². The summed E-state index contributed by atoms with van der Waals surface area (Å²) in [5.41, 5.74) is 1.78. The zero-order valence-corrected chi connectivity index (χ0v) is 16.2. The van der Waals surface area contributed by atoms with Crippen molar-refractivity contribution < 1.29 is 18.3 Å². The number of aliphatic hydroxyl groups is 1. The lowest BCUT2D eigenvalue weighted by Crippen LogP contribution is -2.37. The molecule has 8 heteroatoms. The van der Waals surface area contributed by atoms with Crippen molar-refractivity contribution in [1.29, 1.82) is 0 Å². The van der Waals surface area contributed by atoms with Gasteiger partial charge in [-0.15, -0.1) is 11.3 Å². The third-order valence-corrected chi connectivity index (χ3v) is 7.66. The van der Waals surface area contributed by atoms with Gasteiger partial charge in [-0.25, -0.2) is 8.42 Å². The van der Waals surface area contributed by atoms with Crippen LogP contribution in [-0.4, -0.2) is 36.5 Å². The fourth-order valence-electron chi connectivity index (χ4n) is 3.11. The number of sulfonamides is 1. The first kappa shape index (κ1) is 18.1. The Morgan fingerprint density at radius 3 is 2.70 bits per heavy atom. The highest BCUT2D eigenvalue weighted by Gasteiger charge is 2.34. The number of methoxy groups -OCH3 is 1. The summed E-state index contributed by atoms with van der Waals surface area (Å²) in [6.07, 6.45) is 2.61. The number of nitrogens with zero attached hydrogens (tertiary/aromatic N) is 2. The highest BCUT2D eigenvalue weighted by atomic mass is 32.2. The van der Waals surface area contributed by atoms with Crippen molar-refractivity contribution in [2.45, 2.75) is 17.5 Å². The fourth-order valence-corrected chi connectivity index (χ4v) is 5.68. The number of hydrogen-bond donors (Lipinski definition) is 1. The molecule has 4 rings (SSSR count). The Morgan fingerprint density at radius 2 is 2.04 bits per heavy atom. The molecule has 0 spiro atoms. The molecule has 1 N–H and O–H groups in total. The molecular formula is C19H18N2O4S2. The molecule has 1 atom stereocenters. The molecule has 0 aliphatic carbocycles. The van der Waals surface area contributed by atoms with Crippen molar-refractivity contribution in [2.24, 2.45) is 0 Å². The topological polar surface area (TPSA) is 79.7 Å². The molecule has 140 valence electrons. The van der Waals surface area contributed by atoms with Crippen molar-refractivity contribution >= 4 is 21.4 Å². The number of β-amino-alcohol motifs (C(OH)–C–C–N with tert-alkyl or cyclic N) is 1. The van der Waals surface area contributed by atoms with E-state index in [2.05, 4.69) is 4.98 Å². The highest BCUT2D eigenvalue weighted by Crippen LogP contribution is 2.39. The summed E-state index contributed by atoms with van der Waals surface area (Å²) in [4.78, 5) is 6.09. The number of rotatable bonds is 4. The van der Waals surface area contributed by atoms with Crippen molar-refractivity contribution in [2.75, 3.05) is 13.7 Å². The minimum Gasteiger partial charge on any atom is -0.497 e. The first-order chi connectivity index (χ1) is 13.0. The van der Waals surface area contributed by atoms with Gasteiger partial charge in [-0.1, -0.05) is 6.07 Å². The van der Waals surface area contributed by atoms with Gasteiger partial charge in [-0.2, -0.15) is 4.31 Å². The van der Waals surface area contributed by atoms with Crippen LogP contribution in [0.4, 0.5) is 0 Å². The van der Waals surface area contributed by atoms with Crippen LogP contribution in [0.5, 0.6) is 5.75 Å². The van der Waals surface area contributed by atoms with E-state index in [1.54, 1.807) is 24.5 Å². The molecule has 2 aromatic heterocycles. The molecular weight excluding hydrogens is 384 g/mol. The molecule has 0 saturated carbocycles. The second-order valence-corrected chi connectivity index (χ2v) is 9.25. The van der Waals surface area contributed by atoms with Gasteiger partial charge in [-0.3, -0.25) is 4.98 Å². The third-order valence-electron chi connectivity index (χ3n) is 4.51. The first-order valence-electron chi connectivity index (χ1n) is 8.34. The van der Waals surface area contributed by atoms with Gasteiger partial charge >= 0.3 is 0 Å². The molecule has 27 heavy (non-hydrogen) atoms. The zero-order valence-electron chi connectivity index (χ0n) is 14.6. The van der Waals surface area contributed by atoms with Gasteiger partial charge in [0.15, 0.2) is 0 Å². The number of pyridine rings is 1. The summed E-state index contributed by atoms with van der Waals surface area (Å²) in [5, 5.41) is 10.6. The van der Waals surface area contributed by atoms with Crippen molar-refractivity contribution in [3.63, 3.8) is 0 Å². The molecule has 6 nitrogen and oxygen atoms in total. The van der Waals surface area contributed by atoms with Gasteiger partial charge in [0.05, 0.1) is 12.0 Å². The summed E-state index contributed by atoms with van der Waals surface area (Å²) in [6.45, 7) is 0.270. The van der Waals surface area contributed by atoms with Crippen molar-refractivity contribution in [1.82, 2.24) is 9.29 Å². The Labute approximate surface area is 161 Å². The van der Waals surface area contributed by atoms with E-state index in [4.69, 9.17) is 4.74 Å². The minimum atomic E-state index is -3.71. The number of benzene rings is 1. The summed E-state index contributed by atoms with van der Waals surface area (Å²) in [6, 6.07) is 12.0. The lowest BCUT2D eigenvalue weighted by atomic mass is 10.1. The van der Waals surface area contributed by atoms with E-state index in [0.717, 1.165) is 20.9 Å². The van der Waals surface area contributed by atoms with Gasteiger partial charge in [0.1, 0.15) is 11.9 Å². The molecule has 3 heterocycles. The lowest BCUT2D eigenvalue weighted by Gasteiger charge is -2.29. The first-order valence-corrected chi connectivity index (χ1v) is 10.6. The van der Waals surface area contributed by atoms with Crippen molar-refractivity contribution in [3.05, 3.63) is 65.3 Å². The lowest BCUT2D eigenvalue weighted by molar-refractivity contribution is 0.136. The summed E-state index contributed by atoms with van der Waals surface area (Å²) >= 11 is 1.48. The Hall–Kier alpha value is -2.26. The van der Waals surface area contributed by atoms with Crippen molar-refractivity contribution in [3.8, 4) is 16.2 Å². The molecule has 1 aromatic carbocycles. The maximum Gasteiger partial charge on any atom is 0.243 e. The van der Waals surface area contributed by atoms with Crippen LogP contribution >= 0.6 is 11.3 Å². The molecule has 0 saturated heterocycles. The number of thiophene rings is 1. The van der Waals surface area contributed by atoms with Gasteiger partial charge < -0.3 is 9.84 Å². The molecule has 1 unspecified atom stereocenters. The van der Waals surface area contributed by atoms with E-state index in [0.29, 0.717) is 5.75 Å². The van der Waals surface area contributed by atoms with E-state index < -0.39 is 16.1 Å². The zero-order chi connectivity index (χ0) is 19.0. The normalized spacial score (nSPS) is 17.5. The Kier molecular flexibility index (Phi) is 4.73. The third kappa shape index (κ3) is 3.37. The fraction of sp³-hybridized carbons (Fsp3) is 0.211. The van der Waals surface area contributed by atoms with E-state index >= 15 is 0 Å². The van der Waals surface area contributed by atoms with Gasteiger partial charge in [0.2, 0.25) is 10.0 Å². The summed E-state index contributed by atoms with van der Waals surface area (Å²) < 4.78 is 32.4. The predicted molar refractivity (Wildman–Crippen MR) is 103 cm³/mol. The number of aromatic nitrogens is 1. The molecule has 3 aromatic rings. The monoisotopic (exact) mass is 402 g/mol. The Balaban J connectivity index is 1.65. The molecule has 0 bridgehead atoms. The average Bonchev–Trinajstić information content (AvgIpc) is 3.14. The van der Waals surface area contributed by atoms with Crippen LogP contribution in [-0.2, 0) is 16.6 Å². The summed E-state index contributed by atoms with van der Waals surface area (Å²) in [5.74, 6) is 0.592. The smallest absolute Gasteiger partial charge is 0.243 e. The van der Waals surface area contributed by atoms with Gasteiger partial charge in [0, 0.05) is 40.8 Å². The molecule has 1 aliphatic rings. The molecule has 1 aliphatic heterocycles. The van der Waals surface area contributed by atoms with Crippen LogP contribution in [0.15, 0.2) is 59.8 Å². The SMILES string of the molecule is COc1ccc(S(=O)(=O)N2Cc3cc(-c4cccnc4)sc3C(O)C2)cc1. The van der Waals surface area contributed by atoms with E-state index in [-0.39, 0.29) is 18.0 Å². The van der Waals surface area contributed by atoms with Crippen LogP contribution in [0.25, 0.3) is 10.4 Å². The van der Waals surface area contributed by atoms with Gasteiger partial charge in [0.25, 0.3) is 0 Å². The minimum absolute atomic E-state index is 0.0361. The highest BCUT2D eigenvalue weighted by molar-refractivity contribution is 7.89. The average molecular weight is 402 g/mol. The molecule has 0 radical (unpaired) electrons. The quantitative estimate of drug-likeness (QED) is 0.726. The summed E-state index contributed by atoms with van der Waals surface area (Å²) in [7, 11) is -2.18. The second-order valence-electron chi connectivity index (χ2n) is 6.23. The Bertz CT molecular complexity index is 1050. The van der Waals surface area contributed by atoms with Crippen LogP contribution in [0.2, 0.25) is 0 Å². The largest absolute Gasteiger partial charge is 0.497 e. The Morgan fingerprint density at radius 1 is 1.26 bits per heavy atom. The maximum atomic E-state index is 13.0. The maximum absolute atomic E-state index is 13.0. The van der Waals surface area contributed by atoms with E-state index in [1.165, 1.54) is 34.9 Å². The predicted octanol–water partition coefficient (Wildman–Crippen LogP) is 3.06. The van der Waals surface area contributed by atoms with E-state index in [1.807, 2.05) is 18.2 Å². The standard InChI is InChI=1S/C19H18N2O4S2/c1-25-15-4-6-16(7-5-15)27(23,24)21-11-14-9-18(13-3-2-8-20-10-13)26-19(14)17(22)12-21/h2-10,17,22H,11-12H2,1H3. The second kappa shape index (κ2) is 7.05. The number of aliphatic hydroxyl groups excluding tert-OH is 1. The van der Waals surface area contributed by atoms with Crippen LogP contribution in [0.3, 0.4) is 0 Å². The number of hydrogen-bond acceptors (Lipinski definition) is 6. The van der Waals surface area contributed by atoms with Crippen LogP contribution in [0.1, 0.15) is 16.5 Å². The molecule has 0 amide bonds.